The van der Waals surface area contributed by atoms with Gasteiger partial charge >= 0.3 is 0 Å². The fraction of sp³-hybridized carbons (Fsp3) is 0.294. The molecule has 0 bridgehead atoms. The van der Waals surface area contributed by atoms with Gasteiger partial charge in [-0.25, -0.2) is 0 Å². The molecule has 4 nitrogen and oxygen atoms in total. The first kappa shape index (κ1) is 12.5. The van der Waals surface area contributed by atoms with Gasteiger partial charge in [-0.05, 0) is 30.2 Å². The van der Waals surface area contributed by atoms with Crippen LogP contribution in [0.4, 0.5) is 5.69 Å². The van der Waals surface area contributed by atoms with Crippen molar-refractivity contribution in [1.29, 1.82) is 0 Å². The fourth-order valence-electron chi connectivity index (χ4n) is 3.35. The predicted octanol–water partition coefficient (Wildman–Crippen LogP) is 2.22. The smallest absolute Gasteiger partial charge is 0.245 e. The molecule has 2 aromatic rings. The highest BCUT2D eigenvalue weighted by Crippen LogP contribution is 2.40. The number of anilines is 1. The number of hydrogen-bond acceptors (Lipinski definition) is 3. The number of aromatic nitrogens is 1. The van der Waals surface area contributed by atoms with Crippen molar-refractivity contribution in [2.24, 2.45) is 0 Å². The lowest BCUT2D eigenvalue weighted by Crippen LogP contribution is -2.68. The van der Waals surface area contributed by atoms with Crippen molar-refractivity contribution in [3.63, 3.8) is 0 Å². The molecule has 2 aliphatic rings. The Morgan fingerprint density at radius 3 is 2.81 bits per heavy atom. The highest BCUT2D eigenvalue weighted by Gasteiger charge is 2.52. The Labute approximate surface area is 123 Å². The summed E-state index contributed by atoms with van der Waals surface area (Å²) < 4.78 is 0. The van der Waals surface area contributed by atoms with Gasteiger partial charge in [-0.2, -0.15) is 0 Å². The molecule has 1 N–H and O–H groups in total. The van der Waals surface area contributed by atoms with Crippen LogP contribution in [0.2, 0.25) is 0 Å². The lowest BCUT2D eigenvalue weighted by atomic mass is 9.75. The maximum atomic E-state index is 12.6. The Kier molecular flexibility index (Phi) is 2.79. The van der Waals surface area contributed by atoms with Gasteiger partial charge in [0.25, 0.3) is 0 Å². The van der Waals surface area contributed by atoms with Crippen LogP contribution in [-0.2, 0) is 17.8 Å². The van der Waals surface area contributed by atoms with E-state index in [-0.39, 0.29) is 11.4 Å². The summed E-state index contributed by atoms with van der Waals surface area (Å²) in [5.41, 5.74) is 2.81. The van der Waals surface area contributed by atoms with Crippen molar-refractivity contribution >= 4 is 11.6 Å². The molecule has 4 heteroatoms. The summed E-state index contributed by atoms with van der Waals surface area (Å²) in [6.45, 7) is 1.68. The molecule has 0 saturated carbocycles. The summed E-state index contributed by atoms with van der Waals surface area (Å²) in [7, 11) is 0. The summed E-state index contributed by atoms with van der Waals surface area (Å²) in [6.07, 6.45) is 3.51. The van der Waals surface area contributed by atoms with Gasteiger partial charge in [0.15, 0.2) is 0 Å². The molecule has 1 amide bonds. The molecule has 1 spiro atoms. The molecule has 4 rings (SSSR count). The zero-order valence-electron chi connectivity index (χ0n) is 11.7. The SMILES string of the molecule is O=C1Nc2ccccc2CC12CCN2Cc1ccccn1. The van der Waals surface area contributed by atoms with Crippen LogP contribution in [0, 0.1) is 0 Å². The van der Waals surface area contributed by atoms with Crippen molar-refractivity contribution in [2.45, 2.75) is 24.9 Å². The molecule has 3 heterocycles. The summed E-state index contributed by atoms with van der Waals surface area (Å²) >= 11 is 0. The third kappa shape index (κ3) is 1.94. The van der Waals surface area contributed by atoms with E-state index in [0.29, 0.717) is 0 Å². The number of pyridine rings is 1. The van der Waals surface area contributed by atoms with E-state index in [9.17, 15) is 4.79 Å². The van der Waals surface area contributed by atoms with Crippen molar-refractivity contribution in [3.05, 3.63) is 59.9 Å². The number of fused-ring (bicyclic) bond motifs is 1. The van der Waals surface area contributed by atoms with Gasteiger partial charge in [-0.15, -0.1) is 0 Å². The minimum absolute atomic E-state index is 0.128. The molecule has 1 saturated heterocycles. The second kappa shape index (κ2) is 4.67. The van der Waals surface area contributed by atoms with Gasteiger partial charge in [0.1, 0.15) is 5.54 Å². The lowest BCUT2D eigenvalue weighted by Gasteiger charge is -2.53. The van der Waals surface area contributed by atoms with Crippen LogP contribution in [0.15, 0.2) is 48.7 Å². The number of nitrogens with one attached hydrogen (secondary N) is 1. The molecule has 21 heavy (non-hydrogen) atoms. The number of hydrogen-bond donors (Lipinski definition) is 1. The van der Waals surface area contributed by atoms with Gasteiger partial charge in [0.2, 0.25) is 5.91 Å². The van der Waals surface area contributed by atoms with Crippen molar-refractivity contribution < 1.29 is 4.79 Å². The van der Waals surface area contributed by atoms with E-state index in [2.05, 4.69) is 21.3 Å². The third-order valence-corrected chi connectivity index (χ3v) is 4.65. The second-order valence-electron chi connectivity index (χ2n) is 5.81. The monoisotopic (exact) mass is 279 g/mol. The molecule has 1 unspecified atom stereocenters. The van der Waals surface area contributed by atoms with E-state index in [1.165, 1.54) is 5.56 Å². The summed E-state index contributed by atoms with van der Waals surface area (Å²) in [5, 5.41) is 3.07. The zero-order valence-corrected chi connectivity index (χ0v) is 11.7. The zero-order chi connectivity index (χ0) is 14.3. The molecule has 1 atom stereocenters. The van der Waals surface area contributed by atoms with E-state index in [1.807, 2.05) is 36.4 Å². The molecule has 2 aliphatic heterocycles. The standard InChI is InChI=1S/C17H17N3O/c21-16-17(11-13-5-1-2-7-15(13)19-16)8-10-20(17)12-14-6-3-4-9-18-14/h1-7,9H,8,10-12H2,(H,19,21). The number of benzene rings is 1. The number of carbonyl (C=O) groups excluding carboxylic acids is 1. The molecule has 1 aromatic carbocycles. The summed E-state index contributed by atoms with van der Waals surface area (Å²) in [4.78, 5) is 19.2. The van der Waals surface area contributed by atoms with Crippen LogP contribution in [0.1, 0.15) is 17.7 Å². The van der Waals surface area contributed by atoms with Crippen molar-refractivity contribution in [1.82, 2.24) is 9.88 Å². The largest absolute Gasteiger partial charge is 0.324 e. The average Bonchev–Trinajstić information content (AvgIpc) is 2.52. The molecule has 106 valence electrons. The van der Waals surface area contributed by atoms with Gasteiger partial charge in [0.05, 0.1) is 5.69 Å². The number of carbonyl (C=O) groups is 1. The summed E-state index contributed by atoms with van der Waals surface area (Å²) in [6, 6.07) is 14.0. The quantitative estimate of drug-likeness (QED) is 0.917. The molecule has 0 radical (unpaired) electrons. The molecule has 1 aromatic heterocycles. The third-order valence-electron chi connectivity index (χ3n) is 4.65. The first-order chi connectivity index (χ1) is 10.3. The molecular formula is C17H17N3O. The number of likely N-dealkylation sites (tertiary alicyclic amines) is 1. The van der Waals surface area contributed by atoms with Gasteiger partial charge < -0.3 is 5.32 Å². The van der Waals surface area contributed by atoms with Crippen molar-refractivity contribution in [3.8, 4) is 0 Å². The van der Waals surface area contributed by atoms with E-state index in [0.717, 1.165) is 37.3 Å². The summed E-state index contributed by atoms with van der Waals surface area (Å²) in [5.74, 6) is 0.128. The van der Waals surface area contributed by atoms with E-state index < -0.39 is 0 Å². The first-order valence-corrected chi connectivity index (χ1v) is 7.32. The van der Waals surface area contributed by atoms with Crippen molar-refractivity contribution in [2.75, 3.05) is 11.9 Å². The Morgan fingerprint density at radius 1 is 1.19 bits per heavy atom. The highest BCUT2D eigenvalue weighted by atomic mass is 16.2. The number of nitrogens with zero attached hydrogens (tertiary/aromatic N) is 2. The lowest BCUT2D eigenvalue weighted by molar-refractivity contribution is -0.139. The predicted molar refractivity (Wildman–Crippen MR) is 80.8 cm³/mol. The number of amides is 1. The number of para-hydroxylation sites is 1. The van der Waals surface area contributed by atoms with Crippen LogP contribution in [0.25, 0.3) is 0 Å². The van der Waals surface area contributed by atoms with Gasteiger partial charge in [0, 0.05) is 31.4 Å². The van der Waals surface area contributed by atoms with E-state index >= 15 is 0 Å². The fourth-order valence-corrected chi connectivity index (χ4v) is 3.35. The Balaban J connectivity index is 1.61. The minimum Gasteiger partial charge on any atom is -0.324 e. The van der Waals surface area contributed by atoms with Gasteiger partial charge in [-0.3, -0.25) is 14.7 Å². The topological polar surface area (TPSA) is 45.2 Å². The van der Waals surface area contributed by atoms with Gasteiger partial charge in [-0.1, -0.05) is 24.3 Å². The van der Waals surface area contributed by atoms with Crippen LogP contribution in [0.3, 0.4) is 0 Å². The molecular weight excluding hydrogens is 262 g/mol. The second-order valence-corrected chi connectivity index (χ2v) is 5.81. The van der Waals surface area contributed by atoms with E-state index in [1.54, 1.807) is 6.20 Å². The maximum absolute atomic E-state index is 12.6. The van der Waals surface area contributed by atoms with Crippen LogP contribution in [0.5, 0.6) is 0 Å². The van der Waals surface area contributed by atoms with Crippen LogP contribution in [-0.4, -0.2) is 27.9 Å². The van der Waals surface area contributed by atoms with Crippen LogP contribution < -0.4 is 5.32 Å². The van der Waals surface area contributed by atoms with E-state index in [4.69, 9.17) is 0 Å². The normalized spacial score (nSPS) is 24.3. The van der Waals surface area contributed by atoms with Crippen LogP contribution >= 0.6 is 0 Å². The first-order valence-electron chi connectivity index (χ1n) is 7.32. The maximum Gasteiger partial charge on any atom is 0.245 e. The average molecular weight is 279 g/mol. The molecule has 0 aliphatic carbocycles. The Morgan fingerprint density at radius 2 is 2.05 bits per heavy atom. The Bertz CT molecular complexity index is 685. The minimum atomic E-state index is -0.383. The molecule has 1 fully saturated rings. The highest BCUT2D eigenvalue weighted by molar-refractivity contribution is 6.01. The Hall–Kier alpha value is -2.20. The number of rotatable bonds is 2.